The summed E-state index contributed by atoms with van der Waals surface area (Å²) in [6.45, 7) is 3.71. The number of H-pyrrole nitrogens is 1. The van der Waals surface area contributed by atoms with E-state index in [-0.39, 0.29) is 0 Å². The van der Waals surface area contributed by atoms with Gasteiger partial charge in [-0.2, -0.15) is 0 Å². The molecule has 0 saturated heterocycles. The summed E-state index contributed by atoms with van der Waals surface area (Å²) in [5.41, 5.74) is -0.819. The number of ether oxygens (including phenoxy) is 1. The maximum atomic E-state index is 11.3. The van der Waals surface area contributed by atoms with Crippen LogP contribution in [0.2, 0.25) is 0 Å². The monoisotopic (exact) mass is 290 g/mol. The second-order valence-electron chi connectivity index (χ2n) is 3.40. The maximum absolute atomic E-state index is 11.3. The van der Waals surface area contributed by atoms with Crippen LogP contribution >= 0.6 is 15.9 Å². The fraction of sp³-hybridized carbons (Fsp3) is 0.600. The van der Waals surface area contributed by atoms with E-state index in [1.807, 2.05) is 0 Å². The molecule has 0 aromatic carbocycles. The second kappa shape index (κ2) is 6.65. The van der Waals surface area contributed by atoms with Crippen molar-refractivity contribution in [1.82, 2.24) is 9.55 Å². The topological polar surface area (TPSA) is 64.1 Å². The van der Waals surface area contributed by atoms with Gasteiger partial charge in [0.1, 0.15) is 0 Å². The number of nitrogens with zero attached hydrogens (tertiary/aromatic N) is 1. The van der Waals surface area contributed by atoms with Crippen molar-refractivity contribution in [3.05, 3.63) is 31.5 Å². The van der Waals surface area contributed by atoms with Crippen molar-refractivity contribution >= 4 is 15.9 Å². The summed E-state index contributed by atoms with van der Waals surface area (Å²) in [6.07, 6.45) is 3.58. The zero-order chi connectivity index (χ0) is 12.0. The number of aromatic amines is 1. The van der Waals surface area contributed by atoms with Gasteiger partial charge in [-0.25, -0.2) is 4.79 Å². The molecule has 0 aliphatic rings. The molecule has 1 aromatic heterocycles. The van der Waals surface area contributed by atoms with Gasteiger partial charge in [0.05, 0.1) is 17.6 Å². The highest BCUT2D eigenvalue weighted by atomic mass is 79.9. The van der Waals surface area contributed by atoms with E-state index < -0.39 is 11.2 Å². The molecule has 0 bridgehead atoms. The molecule has 1 N–H and O–H groups in total. The standard InChI is InChI=1S/C10H15BrN2O3/c1-2-3-5-16-6-4-13-7-8(11)9(14)12-10(13)15/h7H,2-6H2,1H3,(H,12,14,15). The molecule has 0 atom stereocenters. The Bertz CT molecular complexity index is 438. The van der Waals surface area contributed by atoms with Crippen LogP contribution in [0, 0.1) is 0 Å². The van der Waals surface area contributed by atoms with Gasteiger partial charge in [-0.15, -0.1) is 0 Å². The van der Waals surface area contributed by atoms with Crippen molar-refractivity contribution in [1.29, 1.82) is 0 Å². The van der Waals surface area contributed by atoms with E-state index in [1.54, 1.807) is 0 Å². The van der Waals surface area contributed by atoms with Gasteiger partial charge in [-0.05, 0) is 22.4 Å². The molecule has 16 heavy (non-hydrogen) atoms. The normalized spacial score (nSPS) is 10.6. The minimum atomic E-state index is -0.410. The Morgan fingerprint density at radius 1 is 1.44 bits per heavy atom. The van der Waals surface area contributed by atoms with E-state index in [0.717, 1.165) is 12.8 Å². The van der Waals surface area contributed by atoms with Crippen LogP contribution in [0.4, 0.5) is 0 Å². The number of nitrogens with one attached hydrogen (secondary N) is 1. The molecular weight excluding hydrogens is 276 g/mol. The highest BCUT2D eigenvalue weighted by molar-refractivity contribution is 9.10. The molecule has 6 heteroatoms. The first-order valence-corrected chi connectivity index (χ1v) is 6.01. The number of aromatic nitrogens is 2. The van der Waals surface area contributed by atoms with Crippen molar-refractivity contribution in [2.75, 3.05) is 13.2 Å². The van der Waals surface area contributed by atoms with Crippen molar-refractivity contribution < 1.29 is 4.74 Å². The molecule has 0 radical (unpaired) electrons. The Hall–Kier alpha value is -0.880. The van der Waals surface area contributed by atoms with Crippen LogP contribution in [0.3, 0.4) is 0 Å². The molecular formula is C10H15BrN2O3. The number of hydrogen-bond donors (Lipinski definition) is 1. The van der Waals surface area contributed by atoms with Crippen LogP contribution in [-0.4, -0.2) is 22.8 Å². The van der Waals surface area contributed by atoms with Crippen LogP contribution in [0.5, 0.6) is 0 Å². The first kappa shape index (κ1) is 13.2. The second-order valence-corrected chi connectivity index (χ2v) is 4.25. The minimum absolute atomic E-state index is 0.348. The summed E-state index contributed by atoms with van der Waals surface area (Å²) in [4.78, 5) is 24.6. The van der Waals surface area contributed by atoms with Crippen LogP contribution in [0.25, 0.3) is 0 Å². The Morgan fingerprint density at radius 3 is 2.88 bits per heavy atom. The quantitative estimate of drug-likeness (QED) is 0.799. The average molecular weight is 291 g/mol. The lowest BCUT2D eigenvalue weighted by Crippen LogP contribution is -2.30. The van der Waals surface area contributed by atoms with Crippen molar-refractivity contribution in [2.45, 2.75) is 26.3 Å². The number of hydrogen-bond acceptors (Lipinski definition) is 3. The SMILES string of the molecule is CCCCOCCn1cc(Br)c(=O)[nH]c1=O. The van der Waals surface area contributed by atoms with E-state index in [2.05, 4.69) is 27.8 Å². The Labute approximate surface area is 102 Å². The Morgan fingerprint density at radius 2 is 2.19 bits per heavy atom. The third-order valence-electron chi connectivity index (χ3n) is 2.09. The lowest BCUT2D eigenvalue weighted by molar-refractivity contribution is 0.122. The van der Waals surface area contributed by atoms with Gasteiger partial charge in [-0.3, -0.25) is 14.3 Å². The summed E-state index contributed by atoms with van der Waals surface area (Å²) in [7, 11) is 0. The summed E-state index contributed by atoms with van der Waals surface area (Å²) in [6, 6.07) is 0. The third kappa shape index (κ3) is 3.94. The molecule has 0 fully saturated rings. The van der Waals surface area contributed by atoms with E-state index >= 15 is 0 Å². The van der Waals surface area contributed by atoms with E-state index in [0.29, 0.717) is 24.2 Å². The lowest BCUT2D eigenvalue weighted by Gasteiger charge is -2.06. The van der Waals surface area contributed by atoms with Gasteiger partial charge in [0.25, 0.3) is 5.56 Å². The molecule has 0 aliphatic heterocycles. The Balaban J connectivity index is 2.51. The van der Waals surface area contributed by atoms with Gasteiger partial charge >= 0.3 is 5.69 Å². The largest absolute Gasteiger partial charge is 0.380 e. The summed E-state index contributed by atoms with van der Waals surface area (Å²) >= 11 is 3.07. The Kier molecular flexibility index (Phi) is 5.48. The molecule has 90 valence electrons. The molecule has 0 spiro atoms. The van der Waals surface area contributed by atoms with Crippen molar-refractivity contribution in [3.63, 3.8) is 0 Å². The zero-order valence-corrected chi connectivity index (χ0v) is 10.7. The van der Waals surface area contributed by atoms with E-state index in [1.165, 1.54) is 10.8 Å². The molecule has 0 amide bonds. The highest BCUT2D eigenvalue weighted by Gasteiger charge is 2.01. The minimum Gasteiger partial charge on any atom is -0.380 e. The van der Waals surface area contributed by atoms with Gasteiger partial charge in [0.2, 0.25) is 0 Å². The highest BCUT2D eigenvalue weighted by Crippen LogP contribution is 1.97. The van der Waals surface area contributed by atoms with Crippen LogP contribution in [-0.2, 0) is 11.3 Å². The molecule has 1 heterocycles. The molecule has 1 rings (SSSR count). The third-order valence-corrected chi connectivity index (χ3v) is 2.65. The van der Waals surface area contributed by atoms with Gasteiger partial charge in [0, 0.05) is 12.8 Å². The number of halogens is 1. The fourth-order valence-electron chi connectivity index (χ4n) is 1.16. The first-order valence-electron chi connectivity index (χ1n) is 5.22. The lowest BCUT2D eigenvalue weighted by atomic mass is 10.4. The molecule has 0 unspecified atom stereocenters. The molecule has 1 aromatic rings. The zero-order valence-electron chi connectivity index (χ0n) is 9.16. The summed E-state index contributed by atoms with van der Waals surface area (Å²) in [5.74, 6) is 0. The summed E-state index contributed by atoms with van der Waals surface area (Å²) < 4.78 is 7.10. The predicted octanol–water partition coefficient (Wildman–Crippen LogP) is 1.12. The molecule has 0 saturated carbocycles. The van der Waals surface area contributed by atoms with Crippen molar-refractivity contribution in [3.8, 4) is 0 Å². The first-order chi connectivity index (χ1) is 7.65. The smallest absolute Gasteiger partial charge is 0.328 e. The van der Waals surface area contributed by atoms with Crippen LogP contribution in [0.1, 0.15) is 19.8 Å². The van der Waals surface area contributed by atoms with Gasteiger partial charge in [-0.1, -0.05) is 13.3 Å². The molecule has 0 aliphatic carbocycles. The number of unbranched alkanes of at least 4 members (excludes halogenated alkanes) is 1. The van der Waals surface area contributed by atoms with Gasteiger partial charge < -0.3 is 4.74 Å². The fourth-order valence-corrected chi connectivity index (χ4v) is 1.51. The molecule has 5 nitrogen and oxygen atoms in total. The van der Waals surface area contributed by atoms with Crippen molar-refractivity contribution in [2.24, 2.45) is 0 Å². The van der Waals surface area contributed by atoms with Gasteiger partial charge in [0.15, 0.2) is 0 Å². The van der Waals surface area contributed by atoms with E-state index in [4.69, 9.17) is 4.74 Å². The van der Waals surface area contributed by atoms with Crippen LogP contribution in [0.15, 0.2) is 20.3 Å². The average Bonchev–Trinajstić information content (AvgIpc) is 2.25. The maximum Gasteiger partial charge on any atom is 0.328 e. The van der Waals surface area contributed by atoms with Crippen LogP contribution < -0.4 is 11.2 Å². The predicted molar refractivity (Wildman–Crippen MR) is 64.7 cm³/mol. The summed E-state index contributed by atoms with van der Waals surface area (Å²) in [5, 5.41) is 0. The van der Waals surface area contributed by atoms with E-state index in [9.17, 15) is 9.59 Å². The number of rotatable bonds is 6.